The molecule has 1 amide bonds. The molecule has 1 fully saturated rings. The summed E-state index contributed by atoms with van der Waals surface area (Å²) in [7, 11) is 1.39. The SMILES string of the molecule is CN(CC(=O)N(Cc1ccc(C2CCCCC2)cc1)c1ccccc1)S(=O)[O-]. The van der Waals surface area contributed by atoms with Gasteiger partial charge in [0.25, 0.3) is 0 Å². The third kappa shape index (κ3) is 5.50. The average molecular weight is 400 g/mol. The van der Waals surface area contributed by atoms with E-state index in [0.717, 1.165) is 15.6 Å². The molecule has 2 aromatic rings. The average Bonchev–Trinajstić information content (AvgIpc) is 2.73. The smallest absolute Gasteiger partial charge is 0.242 e. The van der Waals surface area contributed by atoms with Crippen LogP contribution in [0.2, 0.25) is 0 Å². The first-order valence-electron chi connectivity index (χ1n) is 9.79. The van der Waals surface area contributed by atoms with Crippen molar-refractivity contribution >= 4 is 22.9 Å². The molecule has 0 aliphatic heterocycles. The molecule has 3 rings (SSSR count). The highest BCUT2D eigenvalue weighted by molar-refractivity contribution is 7.76. The summed E-state index contributed by atoms with van der Waals surface area (Å²) in [5, 5.41) is 0. The predicted octanol–water partition coefficient (Wildman–Crippen LogP) is 3.99. The first-order valence-corrected chi connectivity index (χ1v) is 10.8. The van der Waals surface area contributed by atoms with E-state index in [1.807, 2.05) is 30.3 Å². The molecule has 0 saturated heterocycles. The van der Waals surface area contributed by atoms with Crippen LogP contribution < -0.4 is 4.90 Å². The van der Waals surface area contributed by atoms with Crippen molar-refractivity contribution in [3.8, 4) is 0 Å². The van der Waals surface area contributed by atoms with Crippen molar-refractivity contribution in [1.29, 1.82) is 0 Å². The third-order valence-electron chi connectivity index (χ3n) is 5.38. The van der Waals surface area contributed by atoms with Crippen molar-refractivity contribution < 1.29 is 13.6 Å². The van der Waals surface area contributed by atoms with Gasteiger partial charge in [-0.15, -0.1) is 0 Å². The van der Waals surface area contributed by atoms with Gasteiger partial charge in [-0.05, 0) is 49.1 Å². The number of hydrogen-bond donors (Lipinski definition) is 0. The van der Waals surface area contributed by atoms with E-state index in [9.17, 15) is 13.6 Å². The van der Waals surface area contributed by atoms with E-state index >= 15 is 0 Å². The zero-order chi connectivity index (χ0) is 19.9. The number of carbonyl (C=O) groups is 1. The van der Waals surface area contributed by atoms with E-state index in [2.05, 4.69) is 24.3 Å². The summed E-state index contributed by atoms with van der Waals surface area (Å²) in [6.45, 7) is 0.221. The molecule has 1 aliphatic rings. The summed E-state index contributed by atoms with van der Waals surface area (Å²) in [5.74, 6) is 0.393. The van der Waals surface area contributed by atoms with Gasteiger partial charge in [-0.3, -0.25) is 9.00 Å². The molecule has 6 heteroatoms. The Hall–Kier alpha value is -2.02. The molecule has 0 heterocycles. The summed E-state index contributed by atoms with van der Waals surface area (Å²) < 4.78 is 23.2. The summed E-state index contributed by atoms with van der Waals surface area (Å²) in [4.78, 5) is 14.4. The minimum atomic E-state index is -2.42. The molecule has 1 unspecified atom stereocenters. The zero-order valence-electron chi connectivity index (χ0n) is 16.3. The van der Waals surface area contributed by atoms with Crippen LogP contribution >= 0.6 is 0 Å². The Bertz CT molecular complexity index is 789. The highest BCUT2D eigenvalue weighted by atomic mass is 32.2. The van der Waals surface area contributed by atoms with Gasteiger partial charge in [-0.25, -0.2) is 4.31 Å². The van der Waals surface area contributed by atoms with Gasteiger partial charge >= 0.3 is 0 Å². The standard InChI is InChI=1S/C22H28N2O3S/c1-23(28(26)27)17-22(25)24(21-10-6-3-7-11-21)16-18-12-14-20(15-13-18)19-8-4-2-5-9-19/h3,6-7,10-15,19H,2,4-5,8-9,16-17H2,1H3,(H,26,27)/p-1. The van der Waals surface area contributed by atoms with E-state index < -0.39 is 11.3 Å². The lowest BCUT2D eigenvalue weighted by atomic mass is 9.84. The Balaban J connectivity index is 1.75. The summed E-state index contributed by atoms with van der Waals surface area (Å²) in [6, 6.07) is 17.9. The van der Waals surface area contributed by atoms with Gasteiger partial charge in [0, 0.05) is 17.0 Å². The van der Waals surface area contributed by atoms with E-state index in [1.165, 1.54) is 44.7 Å². The van der Waals surface area contributed by atoms with Crippen molar-refractivity contribution in [3.05, 3.63) is 65.7 Å². The lowest BCUT2D eigenvalue weighted by Crippen LogP contribution is -2.39. The second-order valence-corrected chi connectivity index (χ2v) is 8.45. The van der Waals surface area contributed by atoms with Crippen LogP contribution in [0.3, 0.4) is 0 Å². The maximum absolute atomic E-state index is 12.8. The van der Waals surface area contributed by atoms with Crippen molar-refractivity contribution in [3.63, 3.8) is 0 Å². The van der Waals surface area contributed by atoms with Gasteiger partial charge in [0.1, 0.15) is 0 Å². The fourth-order valence-electron chi connectivity index (χ4n) is 3.77. The molecule has 1 saturated carbocycles. The van der Waals surface area contributed by atoms with Gasteiger partial charge in [0.15, 0.2) is 0 Å². The van der Waals surface area contributed by atoms with Gasteiger partial charge < -0.3 is 9.45 Å². The molecule has 0 spiro atoms. The molecule has 28 heavy (non-hydrogen) atoms. The van der Waals surface area contributed by atoms with E-state index in [-0.39, 0.29) is 12.5 Å². The second-order valence-electron chi connectivity index (χ2n) is 7.40. The number of hydrogen-bond acceptors (Lipinski definition) is 3. The summed E-state index contributed by atoms with van der Waals surface area (Å²) >= 11 is -2.42. The molecule has 150 valence electrons. The van der Waals surface area contributed by atoms with E-state index in [1.54, 1.807) is 4.90 Å². The molecule has 1 atom stereocenters. The van der Waals surface area contributed by atoms with Crippen LogP contribution in [-0.4, -0.2) is 32.6 Å². The minimum absolute atomic E-state index is 0.189. The van der Waals surface area contributed by atoms with Crippen molar-refractivity contribution in [1.82, 2.24) is 4.31 Å². The third-order valence-corrected chi connectivity index (χ3v) is 6.02. The Labute approximate surface area is 169 Å². The van der Waals surface area contributed by atoms with E-state index in [4.69, 9.17) is 0 Å². The number of carbonyl (C=O) groups excluding carboxylic acids is 1. The maximum Gasteiger partial charge on any atom is 0.242 e. The molecule has 0 bridgehead atoms. The summed E-state index contributed by atoms with van der Waals surface area (Å²) in [6.07, 6.45) is 6.46. The second kappa shape index (κ2) is 9.96. The predicted molar refractivity (Wildman–Crippen MR) is 111 cm³/mol. The van der Waals surface area contributed by atoms with Gasteiger partial charge in [-0.1, -0.05) is 61.7 Å². The molecule has 1 aliphatic carbocycles. The quantitative estimate of drug-likeness (QED) is 0.661. The highest BCUT2D eigenvalue weighted by Crippen LogP contribution is 2.32. The largest absolute Gasteiger partial charge is 0.760 e. The van der Waals surface area contributed by atoms with Crippen LogP contribution in [0.15, 0.2) is 54.6 Å². The van der Waals surface area contributed by atoms with Gasteiger partial charge in [-0.2, -0.15) is 0 Å². The Morgan fingerprint density at radius 3 is 2.29 bits per heavy atom. The van der Waals surface area contributed by atoms with Gasteiger partial charge in [0.05, 0.1) is 13.1 Å². The Morgan fingerprint density at radius 1 is 1.04 bits per heavy atom. The van der Waals surface area contributed by atoms with Crippen LogP contribution in [0.4, 0.5) is 5.69 Å². The Morgan fingerprint density at radius 2 is 1.68 bits per heavy atom. The van der Waals surface area contributed by atoms with Crippen LogP contribution in [0.5, 0.6) is 0 Å². The lowest BCUT2D eigenvalue weighted by molar-refractivity contribution is -0.118. The van der Waals surface area contributed by atoms with Gasteiger partial charge in [0.2, 0.25) is 5.91 Å². The molecular weight excluding hydrogens is 372 g/mol. The van der Waals surface area contributed by atoms with Crippen LogP contribution in [0, 0.1) is 0 Å². The van der Waals surface area contributed by atoms with E-state index in [0.29, 0.717) is 12.5 Å². The number of rotatable bonds is 7. The van der Waals surface area contributed by atoms with Crippen molar-refractivity contribution in [2.45, 2.75) is 44.6 Å². The van der Waals surface area contributed by atoms with Crippen LogP contribution in [-0.2, 0) is 22.6 Å². The number of anilines is 1. The Kier molecular flexibility index (Phi) is 7.36. The van der Waals surface area contributed by atoms with Crippen LogP contribution in [0.1, 0.15) is 49.1 Å². The van der Waals surface area contributed by atoms with Crippen LogP contribution in [0.25, 0.3) is 0 Å². The molecule has 0 radical (unpaired) electrons. The molecule has 5 nitrogen and oxygen atoms in total. The highest BCUT2D eigenvalue weighted by Gasteiger charge is 2.19. The zero-order valence-corrected chi connectivity index (χ0v) is 17.1. The number of para-hydroxylation sites is 1. The van der Waals surface area contributed by atoms with Crippen molar-refractivity contribution in [2.75, 3.05) is 18.5 Å². The number of amides is 1. The molecule has 0 aromatic heterocycles. The molecule has 2 aromatic carbocycles. The number of benzene rings is 2. The number of nitrogens with zero attached hydrogens (tertiary/aromatic N) is 2. The molecular formula is C22H27N2O3S-. The van der Waals surface area contributed by atoms with Crippen molar-refractivity contribution in [2.24, 2.45) is 0 Å². The maximum atomic E-state index is 12.8. The topological polar surface area (TPSA) is 63.7 Å². The number of likely N-dealkylation sites (N-methyl/N-ethyl adjacent to an activating group) is 1. The minimum Gasteiger partial charge on any atom is -0.760 e. The first kappa shape index (κ1) is 20.7. The lowest BCUT2D eigenvalue weighted by Gasteiger charge is -2.27. The molecule has 0 N–H and O–H groups in total. The normalized spacial score (nSPS) is 16.1. The fraction of sp³-hybridized carbons (Fsp3) is 0.409. The summed E-state index contributed by atoms with van der Waals surface area (Å²) in [5.41, 5.74) is 3.17. The fourth-order valence-corrected chi connectivity index (χ4v) is 3.99. The monoisotopic (exact) mass is 399 g/mol. The first-order chi connectivity index (χ1) is 13.5.